The van der Waals surface area contributed by atoms with Gasteiger partial charge in [-0.15, -0.1) is 0 Å². The summed E-state index contributed by atoms with van der Waals surface area (Å²) in [5.41, 5.74) is -0.668. The summed E-state index contributed by atoms with van der Waals surface area (Å²) in [6, 6.07) is -0.799. The van der Waals surface area contributed by atoms with Crippen molar-refractivity contribution < 1.29 is 28.7 Å². The Labute approximate surface area is 141 Å². The highest BCUT2D eigenvalue weighted by molar-refractivity contribution is 5.90. The van der Waals surface area contributed by atoms with Crippen LogP contribution in [0.4, 0.5) is 4.79 Å². The standard InChI is InChI=1S/C15H27N3O6/c1-6-7-10(13(21)16-9-12(20)23-5)18-11(19)8-17-14(22)24-15(2,3)4/h10H,6-9H2,1-5H3,(H,16,21)(H,17,22)(H,18,19). The first-order valence-electron chi connectivity index (χ1n) is 7.69. The van der Waals surface area contributed by atoms with Gasteiger partial charge in [-0.2, -0.15) is 0 Å². The van der Waals surface area contributed by atoms with Crippen molar-refractivity contribution in [3.05, 3.63) is 0 Å². The Bertz CT molecular complexity index is 459. The van der Waals surface area contributed by atoms with Crippen LogP contribution in [0.1, 0.15) is 40.5 Å². The molecular weight excluding hydrogens is 318 g/mol. The lowest BCUT2D eigenvalue weighted by atomic mass is 10.1. The molecule has 0 aliphatic heterocycles. The van der Waals surface area contributed by atoms with E-state index in [0.29, 0.717) is 12.8 Å². The Morgan fingerprint density at radius 1 is 1.04 bits per heavy atom. The Balaban J connectivity index is 4.39. The number of carbonyl (C=O) groups is 4. The normalized spacial score (nSPS) is 11.9. The van der Waals surface area contributed by atoms with E-state index in [0.717, 1.165) is 0 Å². The molecule has 1 atom stereocenters. The highest BCUT2D eigenvalue weighted by Gasteiger charge is 2.21. The summed E-state index contributed by atoms with van der Waals surface area (Å²) in [5, 5.41) is 7.19. The van der Waals surface area contributed by atoms with Crippen molar-refractivity contribution in [2.75, 3.05) is 20.2 Å². The van der Waals surface area contributed by atoms with Gasteiger partial charge < -0.3 is 25.4 Å². The molecule has 0 aromatic carbocycles. The van der Waals surface area contributed by atoms with Gasteiger partial charge >= 0.3 is 12.1 Å². The molecule has 24 heavy (non-hydrogen) atoms. The zero-order chi connectivity index (χ0) is 18.8. The summed E-state index contributed by atoms with van der Waals surface area (Å²) in [6.45, 7) is 6.37. The lowest BCUT2D eigenvalue weighted by molar-refractivity contribution is -0.141. The maximum Gasteiger partial charge on any atom is 0.408 e. The largest absolute Gasteiger partial charge is 0.468 e. The maximum atomic E-state index is 12.0. The van der Waals surface area contributed by atoms with Gasteiger partial charge in [0.25, 0.3) is 0 Å². The predicted octanol–water partition coefficient (Wildman–Crippen LogP) is 0.0852. The molecular formula is C15H27N3O6. The molecule has 9 heteroatoms. The first-order chi connectivity index (χ1) is 11.1. The SMILES string of the molecule is CCCC(NC(=O)CNC(=O)OC(C)(C)C)C(=O)NCC(=O)OC. The molecule has 0 saturated carbocycles. The van der Waals surface area contributed by atoms with E-state index < -0.39 is 35.5 Å². The highest BCUT2D eigenvalue weighted by atomic mass is 16.6. The molecule has 0 spiro atoms. The lowest BCUT2D eigenvalue weighted by Crippen LogP contribution is -2.50. The van der Waals surface area contributed by atoms with E-state index in [9.17, 15) is 19.2 Å². The third-order valence-electron chi connectivity index (χ3n) is 2.66. The molecule has 0 aromatic rings. The Hall–Kier alpha value is -2.32. The molecule has 0 aromatic heterocycles. The van der Waals surface area contributed by atoms with Crippen LogP contribution in [0, 0.1) is 0 Å². The summed E-state index contributed by atoms with van der Waals surface area (Å²) in [7, 11) is 1.21. The van der Waals surface area contributed by atoms with Crippen molar-refractivity contribution in [2.45, 2.75) is 52.2 Å². The molecule has 1 unspecified atom stereocenters. The van der Waals surface area contributed by atoms with Crippen molar-refractivity contribution in [1.29, 1.82) is 0 Å². The zero-order valence-electron chi connectivity index (χ0n) is 14.9. The molecule has 0 fully saturated rings. The number of hydrogen-bond donors (Lipinski definition) is 3. The minimum atomic E-state index is -0.799. The molecule has 0 radical (unpaired) electrons. The molecule has 0 heterocycles. The van der Waals surface area contributed by atoms with Crippen LogP contribution >= 0.6 is 0 Å². The maximum absolute atomic E-state index is 12.0. The third-order valence-corrected chi connectivity index (χ3v) is 2.66. The zero-order valence-corrected chi connectivity index (χ0v) is 14.9. The minimum Gasteiger partial charge on any atom is -0.468 e. The fraction of sp³-hybridized carbons (Fsp3) is 0.733. The predicted molar refractivity (Wildman–Crippen MR) is 86.1 cm³/mol. The van der Waals surface area contributed by atoms with Crippen molar-refractivity contribution in [3.8, 4) is 0 Å². The summed E-state index contributed by atoms with van der Waals surface area (Å²) in [4.78, 5) is 46.3. The van der Waals surface area contributed by atoms with E-state index in [1.165, 1.54) is 7.11 Å². The van der Waals surface area contributed by atoms with Crippen LogP contribution < -0.4 is 16.0 Å². The number of methoxy groups -OCH3 is 1. The van der Waals surface area contributed by atoms with Gasteiger partial charge in [0.15, 0.2) is 0 Å². The molecule has 0 bridgehead atoms. The Morgan fingerprint density at radius 2 is 1.67 bits per heavy atom. The van der Waals surface area contributed by atoms with Crippen LogP contribution in [0.3, 0.4) is 0 Å². The van der Waals surface area contributed by atoms with Crippen molar-refractivity contribution in [2.24, 2.45) is 0 Å². The number of ether oxygens (including phenoxy) is 2. The van der Waals surface area contributed by atoms with E-state index in [-0.39, 0.29) is 13.1 Å². The van der Waals surface area contributed by atoms with Crippen molar-refractivity contribution in [3.63, 3.8) is 0 Å². The number of rotatable bonds is 8. The second kappa shape index (κ2) is 10.5. The van der Waals surface area contributed by atoms with E-state index in [1.54, 1.807) is 20.8 Å². The first-order valence-corrected chi connectivity index (χ1v) is 7.69. The van der Waals surface area contributed by atoms with Gasteiger partial charge in [-0.05, 0) is 27.2 Å². The molecule has 9 nitrogen and oxygen atoms in total. The van der Waals surface area contributed by atoms with E-state index >= 15 is 0 Å². The van der Waals surface area contributed by atoms with Gasteiger partial charge in [-0.3, -0.25) is 14.4 Å². The fourth-order valence-electron chi connectivity index (χ4n) is 1.62. The van der Waals surface area contributed by atoms with Crippen LogP contribution in [0.15, 0.2) is 0 Å². The van der Waals surface area contributed by atoms with Gasteiger partial charge in [0.1, 0.15) is 24.7 Å². The summed E-state index contributed by atoms with van der Waals surface area (Å²) < 4.78 is 9.43. The van der Waals surface area contributed by atoms with E-state index in [4.69, 9.17) is 4.74 Å². The number of esters is 1. The number of nitrogens with one attached hydrogen (secondary N) is 3. The Kier molecular flexibility index (Phi) is 9.44. The van der Waals surface area contributed by atoms with Crippen LogP contribution in [-0.4, -0.2) is 55.7 Å². The summed E-state index contributed by atoms with van der Waals surface area (Å²) in [6.07, 6.45) is 0.321. The third kappa shape index (κ3) is 10.4. The molecule has 0 rings (SSSR count). The molecule has 138 valence electrons. The van der Waals surface area contributed by atoms with Crippen LogP contribution in [0.5, 0.6) is 0 Å². The molecule has 0 aliphatic carbocycles. The van der Waals surface area contributed by atoms with Gasteiger partial charge in [-0.1, -0.05) is 13.3 Å². The molecule has 0 saturated heterocycles. The second-order valence-corrected chi connectivity index (χ2v) is 6.06. The topological polar surface area (TPSA) is 123 Å². The molecule has 3 amide bonds. The first kappa shape index (κ1) is 21.7. The second-order valence-electron chi connectivity index (χ2n) is 6.06. The molecule has 0 aliphatic rings. The van der Waals surface area contributed by atoms with Gasteiger partial charge in [0.05, 0.1) is 7.11 Å². The van der Waals surface area contributed by atoms with Crippen molar-refractivity contribution >= 4 is 23.9 Å². The number of alkyl carbamates (subject to hydrolysis) is 1. The van der Waals surface area contributed by atoms with E-state index in [2.05, 4.69) is 20.7 Å². The minimum absolute atomic E-state index is 0.276. The average Bonchev–Trinajstić information content (AvgIpc) is 2.48. The van der Waals surface area contributed by atoms with Crippen LogP contribution in [0.2, 0.25) is 0 Å². The molecule has 3 N–H and O–H groups in total. The number of hydrogen-bond acceptors (Lipinski definition) is 6. The Morgan fingerprint density at radius 3 is 2.17 bits per heavy atom. The van der Waals surface area contributed by atoms with Crippen LogP contribution in [-0.2, 0) is 23.9 Å². The quantitative estimate of drug-likeness (QED) is 0.536. The van der Waals surface area contributed by atoms with Gasteiger partial charge in [-0.25, -0.2) is 4.79 Å². The summed E-state index contributed by atoms with van der Waals surface area (Å²) in [5.74, 6) is -1.61. The van der Waals surface area contributed by atoms with E-state index in [1.807, 2.05) is 6.92 Å². The fourth-order valence-corrected chi connectivity index (χ4v) is 1.62. The monoisotopic (exact) mass is 345 g/mol. The average molecular weight is 345 g/mol. The number of carbonyl (C=O) groups excluding carboxylic acids is 4. The van der Waals surface area contributed by atoms with Gasteiger partial charge in [0.2, 0.25) is 11.8 Å². The highest BCUT2D eigenvalue weighted by Crippen LogP contribution is 2.06. The number of amides is 3. The van der Waals surface area contributed by atoms with Crippen molar-refractivity contribution in [1.82, 2.24) is 16.0 Å². The smallest absolute Gasteiger partial charge is 0.408 e. The summed E-state index contributed by atoms with van der Waals surface area (Å²) >= 11 is 0. The van der Waals surface area contributed by atoms with Crippen LogP contribution in [0.25, 0.3) is 0 Å². The van der Waals surface area contributed by atoms with Gasteiger partial charge in [0, 0.05) is 0 Å². The lowest BCUT2D eigenvalue weighted by Gasteiger charge is -2.20.